The van der Waals surface area contributed by atoms with Crippen molar-refractivity contribution in [3.05, 3.63) is 35.4 Å². The van der Waals surface area contributed by atoms with E-state index in [9.17, 15) is 8.78 Å². The molecular weight excluding hydrogens is 314 g/mol. The maximum atomic E-state index is 13.4. The molecule has 0 aromatic heterocycles. The predicted molar refractivity (Wildman–Crippen MR) is 99.2 cm³/mol. The topological polar surface area (TPSA) is 0 Å². The maximum absolute atomic E-state index is 13.4. The van der Waals surface area contributed by atoms with Crippen molar-refractivity contribution >= 4 is 0 Å². The minimum absolute atomic E-state index is 0.359. The summed E-state index contributed by atoms with van der Waals surface area (Å²) in [6, 6.07) is 4.37. The van der Waals surface area contributed by atoms with Crippen molar-refractivity contribution < 1.29 is 8.78 Å². The van der Waals surface area contributed by atoms with Gasteiger partial charge < -0.3 is 0 Å². The van der Waals surface area contributed by atoms with Crippen molar-refractivity contribution in [1.29, 1.82) is 0 Å². The lowest BCUT2D eigenvalue weighted by Crippen LogP contribution is -2.15. The lowest BCUT2D eigenvalue weighted by molar-refractivity contribution is 0.299. The van der Waals surface area contributed by atoms with Crippen molar-refractivity contribution in [2.24, 2.45) is 17.8 Å². The first kappa shape index (κ1) is 18.4. The molecule has 3 rings (SSSR count). The molecule has 25 heavy (non-hydrogen) atoms. The lowest BCUT2D eigenvalue weighted by atomic mass is 9.77. The molecule has 0 spiro atoms. The van der Waals surface area contributed by atoms with Crippen molar-refractivity contribution in [1.82, 2.24) is 0 Å². The quantitative estimate of drug-likeness (QED) is 0.526. The van der Waals surface area contributed by atoms with E-state index in [1.165, 1.54) is 50.7 Å². The average molecular weight is 344 g/mol. The Balaban J connectivity index is 1.46. The molecule has 1 aromatic carbocycles. The average Bonchev–Trinajstić information content (AvgIpc) is 2.64. The summed E-state index contributed by atoms with van der Waals surface area (Å²) in [5.74, 6) is 8.04. The van der Waals surface area contributed by atoms with Gasteiger partial charge in [0.05, 0.1) is 0 Å². The molecule has 0 heterocycles. The van der Waals surface area contributed by atoms with Crippen molar-refractivity contribution in [3.8, 4) is 11.8 Å². The minimum atomic E-state index is -0.753. The zero-order valence-electron chi connectivity index (χ0n) is 15.4. The van der Waals surface area contributed by atoms with Gasteiger partial charge in [0.1, 0.15) is 0 Å². The minimum Gasteiger partial charge on any atom is -0.204 e. The van der Waals surface area contributed by atoms with Gasteiger partial charge in [0, 0.05) is 11.8 Å². The van der Waals surface area contributed by atoms with Crippen LogP contribution in [0, 0.1) is 41.2 Å². The third-order valence-corrected chi connectivity index (χ3v) is 6.18. The van der Waals surface area contributed by atoms with Gasteiger partial charge in [-0.1, -0.05) is 37.7 Å². The van der Waals surface area contributed by atoms with Gasteiger partial charge in [0.2, 0.25) is 0 Å². The Morgan fingerprint density at radius 2 is 1.44 bits per heavy atom. The van der Waals surface area contributed by atoms with E-state index in [0.29, 0.717) is 17.8 Å². The first-order chi connectivity index (χ1) is 12.2. The van der Waals surface area contributed by atoms with Crippen LogP contribution in [0.25, 0.3) is 0 Å². The SMILES string of the molecule is CCC[C@H]1CC[C@H](C#CC2CCC(c3ccc(F)c(F)c3)CC2)CC1. The summed E-state index contributed by atoms with van der Waals surface area (Å²) in [5, 5.41) is 0. The molecule has 0 nitrogen and oxygen atoms in total. The van der Waals surface area contributed by atoms with E-state index < -0.39 is 11.6 Å². The highest BCUT2D eigenvalue weighted by Gasteiger charge is 2.23. The Hall–Kier alpha value is -1.36. The fraction of sp³-hybridized carbons (Fsp3) is 0.652. The standard InChI is InChI=1S/C23H30F2/c1-2-3-17-4-6-18(7-5-17)8-9-19-10-12-20(13-11-19)21-14-15-22(24)23(25)16-21/h14-20H,2-7,10-13H2,1H3/t17-,18-,19?,20?. The summed E-state index contributed by atoms with van der Waals surface area (Å²) < 4.78 is 26.5. The normalized spacial score (nSPS) is 29.7. The van der Waals surface area contributed by atoms with Crippen LogP contribution >= 0.6 is 0 Å². The summed E-state index contributed by atoms with van der Waals surface area (Å²) in [4.78, 5) is 0. The van der Waals surface area contributed by atoms with Crippen molar-refractivity contribution in [2.75, 3.05) is 0 Å². The molecule has 0 amide bonds. The van der Waals surface area contributed by atoms with E-state index in [0.717, 1.165) is 37.2 Å². The molecule has 2 fully saturated rings. The maximum Gasteiger partial charge on any atom is 0.159 e. The van der Waals surface area contributed by atoms with Crippen LogP contribution in [0.4, 0.5) is 8.78 Å². The van der Waals surface area contributed by atoms with Crippen LogP contribution in [0.15, 0.2) is 18.2 Å². The smallest absolute Gasteiger partial charge is 0.159 e. The van der Waals surface area contributed by atoms with Crippen LogP contribution in [0.2, 0.25) is 0 Å². The van der Waals surface area contributed by atoms with Gasteiger partial charge in [-0.05, 0) is 80.9 Å². The van der Waals surface area contributed by atoms with Gasteiger partial charge in [0.25, 0.3) is 0 Å². The van der Waals surface area contributed by atoms with Crippen LogP contribution in [-0.2, 0) is 0 Å². The lowest BCUT2D eigenvalue weighted by Gasteiger charge is -2.27. The van der Waals surface area contributed by atoms with E-state index in [4.69, 9.17) is 0 Å². The van der Waals surface area contributed by atoms with E-state index in [2.05, 4.69) is 18.8 Å². The predicted octanol–water partition coefficient (Wildman–Crippen LogP) is 6.85. The second-order valence-electron chi connectivity index (χ2n) is 8.02. The first-order valence-electron chi connectivity index (χ1n) is 10.1. The Labute approximate surface area is 151 Å². The number of hydrogen-bond donors (Lipinski definition) is 0. The van der Waals surface area contributed by atoms with Gasteiger partial charge in [-0.3, -0.25) is 0 Å². The molecule has 2 aliphatic carbocycles. The van der Waals surface area contributed by atoms with Gasteiger partial charge in [0.15, 0.2) is 11.6 Å². The Morgan fingerprint density at radius 3 is 2.00 bits per heavy atom. The third kappa shape index (κ3) is 5.06. The molecule has 2 saturated carbocycles. The van der Waals surface area contributed by atoms with E-state index in [1.54, 1.807) is 6.07 Å². The molecule has 0 atom stereocenters. The monoisotopic (exact) mass is 344 g/mol. The molecule has 0 N–H and O–H groups in total. The summed E-state index contributed by atoms with van der Waals surface area (Å²) in [6.45, 7) is 2.28. The number of hydrogen-bond acceptors (Lipinski definition) is 0. The van der Waals surface area contributed by atoms with E-state index >= 15 is 0 Å². The highest BCUT2D eigenvalue weighted by atomic mass is 19.2. The molecule has 0 bridgehead atoms. The number of halogens is 2. The summed E-state index contributed by atoms with van der Waals surface area (Å²) >= 11 is 0. The summed E-state index contributed by atoms with van der Waals surface area (Å²) in [7, 11) is 0. The number of benzene rings is 1. The van der Waals surface area contributed by atoms with Crippen molar-refractivity contribution in [3.63, 3.8) is 0 Å². The molecule has 2 aliphatic rings. The Bertz CT molecular complexity index is 609. The number of rotatable bonds is 3. The fourth-order valence-corrected chi connectivity index (χ4v) is 4.58. The molecule has 0 radical (unpaired) electrons. The van der Waals surface area contributed by atoms with Crippen LogP contribution in [-0.4, -0.2) is 0 Å². The van der Waals surface area contributed by atoms with Crippen molar-refractivity contribution in [2.45, 2.75) is 77.0 Å². The Kier molecular flexibility index (Phi) is 6.51. The Morgan fingerprint density at radius 1 is 0.840 bits per heavy atom. The van der Waals surface area contributed by atoms with Gasteiger partial charge in [-0.2, -0.15) is 0 Å². The first-order valence-corrected chi connectivity index (χ1v) is 10.1. The highest BCUT2D eigenvalue weighted by Crippen LogP contribution is 2.36. The zero-order valence-corrected chi connectivity index (χ0v) is 15.4. The van der Waals surface area contributed by atoms with E-state index in [-0.39, 0.29) is 0 Å². The zero-order chi connectivity index (χ0) is 17.6. The largest absolute Gasteiger partial charge is 0.204 e. The van der Waals surface area contributed by atoms with E-state index in [1.807, 2.05) is 0 Å². The second kappa shape index (κ2) is 8.84. The summed E-state index contributed by atoms with van der Waals surface area (Å²) in [6.07, 6.45) is 12.2. The molecule has 2 heteroatoms. The summed E-state index contributed by atoms with van der Waals surface area (Å²) in [5.41, 5.74) is 0.944. The molecule has 136 valence electrons. The van der Waals surface area contributed by atoms with Gasteiger partial charge >= 0.3 is 0 Å². The van der Waals surface area contributed by atoms with Crippen LogP contribution in [0.3, 0.4) is 0 Å². The molecule has 0 aliphatic heterocycles. The second-order valence-corrected chi connectivity index (χ2v) is 8.02. The van der Waals surface area contributed by atoms with Gasteiger partial charge in [-0.15, -0.1) is 0 Å². The van der Waals surface area contributed by atoms with Gasteiger partial charge in [-0.25, -0.2) is 8.78 Å². The van der Waals surface area contributed by atoms with Crippen LogP contribution in [0.5, 0.6) is 0 Å². The molecule has 0 saturated heterocycles. The highest BCUT2D eigenvalue weighted by molar-refractivity contribution is 5.23. The fourth-order valence-electron chi connectivity index (χ4n) is 4.58. The molecule has 1 aromatic rings. The van der Waals surface area contributed by atoms with Crippen LogP contribution in [0.1, 0.15) is 82.6 Å². The third-order valence-electron chi connectivity index (χ3n) is 6.18. The molecular formula is C23H30F2. The molecule has 0 unspecified atom stereocenters. The van der Waals surface area contributed by atoms with Crippen LogP contribution < -0.4 is 0 Å².